The van der Waals surface area contributed by atoms with Gasteiger partial charge >= 0.3 is 0 Å². The number of likely N-dealkylation sites (tertiary alicyclic amines) is 2. The Morgan fingerprint density at radius 2 is 1.67 bits per heavy atom. The number of piperidine rings is 1. The molecule has 0 radical (unpaired) electrons. The molecule has 2 aliphatic carbocycles. The summed E-state index contributed by atoms with van der Waals surface area (Å²) in [6.45, 7) is 8.96. The first-order chi connectivity index (χ1) is 34.8. The Morgan fingerprint density at radius 1 is 0.931 bits per heavy atom. The third kappa shape index (κ3) is 10.2. The Labute approximate surface area is 422 Å². The zero-order valence-electron chi connectivity index (χ0n) is 41.5. The maximum absolute atomic E-state index is 14.4. The molecule has 1 spiro atoms. The normalized spacial score (nSPS) is 25.9. The minimum absolute atomic E-state index is 0.0147. The predicted octanol–water partition coefficient (Wildman–Crippen LogP) is 4.43. The fourth-order valence-electron chi connectivity index (χ4n) is 12.5. The Kier molecular flexibility index (Phi) is 14.1. The maximum Gasteiger partial charge on any atom is 0.246 e. The van der Waals surface area contributed by atoms with Gasteiger partial charge in [-0.25, -0.2) is 9.97 Å². The molecule has 6 heterocycles. The van der Waals surface area contributed by atoms with Crippen molar-refractivity contribution in [3.63, 3.8) is 0 Å². The standard InChI is InChI=1S/C55H69N11O6/c1-4-35-9-11-36(12-10-35)29-57-51(71)46-25-42(68)34-66(46)52(72)48(54(2,3)19-24-67)60-50(70)38-13-17-55(18-14-38)27-40(28-55)63-20-15-37(16-21-63)39-30-58-53(59-31-39)64-22-23-65-41(33-64)32-56-49-45(65)26-44(61-62-49)43-7-5-6-8-47(43)69/h1,5-12,26,30-31,37-38,40-42,46,48,67-69H,13-25,27-29,32-34H2,2-3H3,(H,56,62)(H,57,71)(H,60,70)/t38-,40-,41-,42+,46?,48+,55?/m0/s1. The lowest BCUT2D eigenvalue weighted by Crippen LogP contribution is -2.59. The molecule has 380 valence electrons. The van der Waals surface area contributed by atoms with Crippen LogP contribution in [0.25, 0.3) is 11.3 Å². The highest BCUT2D eigenvalue weighted by atomic mass is 16.3. The number of phenolic OH excluding ortho intramolecular Hbond substituents is 1. The second-order valence-electron chi connectivity index (χ2n) is 22.0. The molecule has 2 saturated carbocycles. The number of aromatic nitrogens is 4. The number of amides is 3. The summed E-state index contributed by atoms with van der Waals surface area (Å²) < 4.78 is 0. The largest absolute Gasteiger partial charge is 0.507 e. The molecule has 4 aliphatic heterocycles. The summed E-state index contributed by atoms with van der Waals surface area (Å²) in [7, 11) is 0. The van der Waals surface area contributed by atoms with Crippen LogP contribution in [-0.4, -0.2) is 146 Å². The van der Waals surface area contributed by atoms with E-state index in [-0.39, 0.29) is 67.5 Å². The molecule has 2 aromatic carbocycles. The average molecular weight is 980 g/mol. The molecule has 1 unspecified atom stereocenters. The number of β-amino-alcohol motifs (C(OH)–C–C–N with tert-alkyl or cyclic N) is 1. The van der Waals surface area contributed by atoms with Gasteiger partial charge in [0.2, 0.25) is 23.7 Å². The van der Waals surface area contributed by atoms with Gasteiger partial charge in [-0.15, -0.1) is 16.6 Å². The van der Waals surface area contributed by atoms with Crippen LogP contribution in [0, 0.1) is 29.1 Å². The molecule has 4 atom stereocenters. The Morgan fingerprint density at radius 3 is 2.38 bits per heavy atom. The molecule has 17 heteroatoms. The van der Waals surface area contributed by atoms with E-state index in [9.17, 15) is 29.7 Å². The van der Waals surface area contributed by atoms with Crippen molar-refractivity contribution in [1.82, 2.24) is 40.6 Å². The van der Waals surface area contributed by atoms with Gasteiger partial charge in [0, 0.05) is 87.8 Å². The van der Waals surface area contributed by atoms with E-state index in [4.69, 9.17) is 16.4 Å². The van der Waals surface area contributed by atoms with Crippen LogP contribution in [0.1, 0.15) is 101 Å². The van der Waals surface area contributed by atoms with Crippen LogP contribution >= 0.6 is 0 Å². The van der Waals surface area contributed by atoms with Crippen LogP contribution < -0.4 is 25.8 Å². The number of benzene rings is 2. The van der Waals surface area contributed by atoms with Gasteiger partial charge in [0.05, 0.1) is 23.5 Å². The first-order valence-electron chi connectivity index (χ1n) is 26.0. The number of para-hydroxylation sites is 1. The molecule has 5 fully saturated rings. The molecule has 3 saturated heterocycles. The quantitative estimate of drug-likeness (QED) is 0.102. The second-order valence-corrected chi connectivity index (χ2v) is 22.0. The topological polar surface area (TPSA) is 213 Å². The number of fused-ring (bicyclic) bond motifs is 3. The summed E-state index contributed by atoms with van der Waals surface area (Å²) in [5, 5.41) is 49.5. The Hall–Kier alpha value is -6.35. The van der Waals surface area contributed by atoms with Gasteiger partial charge in [0.1, 0.15) is 17.8 Å². The number of carbonyl (C=O) groups is 3. The summed E-state index contributed by atoms with van der Waals surface area (Å²) in [6.07, 6.45) is 16.9. The summed E-state index contributed by atoms with van der Waals surface area (Å²) >= 11 is 0. The summed E-state index contributed by atoms with van der Waals surface area (Å²) in [4.78, 5) is 60.5. The first-order valence-corrected chi connectivity index (χ1v) is 26.0. The molecule has 3 amide bonds. The van der Waals surface area contributed by atoms with Gasteiger partial charge in [-0.2, -0.15) is 0 Å². The Bertz CT molecular complexity index is 2640. The number of aliphatic hydroxyl groups is 2. The molecule has 72 heavy (non-hydrogen) atoms. The lowest BCUT2D eigenvalue weighted by atomic mass is 9.56. The highest BCUT2D eigenvalue weighted by Gasteiger charge is 2.51. The van der Waals surface area contributed by atoms with Gasteiger partial charge in [-0.3, -0.25) is 14.4 Å². The molecular weight excluding hydrogens is 911 g/mol. The first kappa shape index (κ1) is 49.2. The van der Waals surface area contributed by atoms with Crippen molar-refractivity contribution in [1.29, 1.82) is 0 Å². The molecule has 6 N–H and O–H groups in total. The summed E-state index contributed by atoms with van der Waals surface area (Å²) in [6, 6.07) is 15.4. The van der Waals surface area contributed by atoms with E-state index in [0.717, 1.165) is 119 Å². The zero-order chi connectivity index (χ0) is 50.1. The number of hydrogen-bond donors (Lipinski definition) is 6. The van der Waals surface area contributed by atoms with E-state index in [0.29, 0.717) is 23.2 Å². The minimum Gasteiger partial charge on any atom is -0.507 e. The highest BCUT2D eigenvalue weighted by Crippen LogP contribution is 2.55. The number of carbonyl (C=O) groups excluding carboxylic acids is 3. The number of anilines is 3. The van der Waals surface area contributed by atoms with E-state index in [1.54, 1.807) is 24.3 Å². The van der Waals surface area contributed by atoms with Crippen LogP contribution in [0.4, 0.5) is 17.5 Å². The number of rotatable bonds is 13. The van der Waals surface area contributed by atoms with Crippen molar-refractivity contribution in [2.24, 2.45) is 16.7 Å². The number of hydrogen-bond acceptors (Lipinski definition) is 14. The second kappa shape index (κ2) is 20.6. The molecule has 17 nitrogen and oxygen atoms in total. The van der Waals surface area contributed by atoms with Gasteiger partial charge in [0.25, 0.3) is 0 Å². The number of aliphatic hydroxyl groups excluding tert-OH is 2. The average Bonchev–Trinajstić information content (AvgIpc) is 3.80. The van der Waals surface area contributed by atoms with Crippen LogP contribution in [0.2, 0.25) is 0 Å². The fraction of sp³-hybridized carbons (Fsp3) is 0.545. The summed E-state index contributed by atoms with van der Waals surface area (Å²) in [5.74, 6) is 3.53. The monoisotopic (exact) mass is 980 g/mol. The van der Waals surface area contributed by atoms with Crippen LogP contribution in [0.15, 0.2) is 67.0 Å². The van der Waals surface area contributed by atoms with E-state index in [2.05, 4.69) is 46.8 Å². The van der Waals surface area contributed by atoms with E-state index in [1.807, 2.05) is 56.6 Å². The van der Waals surface area contributed by atoms with Crippen molar-refractivity contribution in [2.75, 3.05) is 67.5 Å². The third-order valence-electron chi connectivity index (χ3n) is 17.0. The van der Waals surface area contributed by atoms with Crippen molar-refractivity contribution in [3.05, 3.63) is 83.7 Å². The van der Waals surface area contributed by atoms with Crippen molar-refractivity contribution in [3.8, 4) is 29.4 Å². The Balaban J connectivity index is 0.679. The smallest absolute Gasteiger partial charge is 0.246 e. The number of nitrogens with zero attached hydrogens (tertiary/aromatic N) is 8. The minimum atomic E-state index is -0.982. The third-order valence-corrected chi connectivity index (χ3v) is 17.0. The van der Waals surface area contributed by atoms with Crippen LogP contribution in [0.3, 0.4) is 0 Å². The summed E-state index contributed by atoms with van der Waals surface area (Å²) in [5.41, 5.74) is 4.52. The fourth-order valence-corrected chi connectivity index (χ4v) is 12.5. The van der Waals surface area contributed by atoms with Crippen LogP contribution in [-0.2, 0) is 20.9 Å². The van der Waals surface area contributed by atoms with E-state index in [1.165, 1.54) is 10.5 Å². The van der Waals surface area contributed by atoms with Gasteiger partial charge in [0.15, 0.2) is 5.82 Å². The lowest BCUT2D eigenvalue weighted by Gasteiger charge is -2.55. The number of terminal acetylenes is 1. The maximum atomic E-state index is 14.4. The molecule has 6 aliphatic rings. The molecule has 0 bridgehead atoms. The number of nitrogens with one attached hydrogen (secondary N) is 3. The van der Waals surface area contributed by atoms with Crippen LogP contribution in [0.5, 0.6) is 5.75 Å². The predicted molar refractivity (Wildman–Crippen MR) is 274 cm³/mol. The molecular formula is C55H69N11O6. The van der Waals surface area contributed by atoms with Gasteiger partial charge in [-0.05, 0) is 129 Å². The van der Waals surface area contributed by atoms with E-state index < -0.39 is 29.5 Å². The van der Waals surface area contributed by atoms with Crippen molar-refractivity contribution in [2.45, 2.75) is 121 Å². The number of phenols is 1. The number of piperazine rings is 1. The van der Waals surface area contributed by atoms with Gasteiger partial charge < -0.3 is 50.9 Å². The van der Waals surface area contributed by atoms with E-state index >= 15 is 0 Å². The number of aromatic hydroxyl groups is 1. The lowest BCUT2D eigenvalue weighted by molar-refractivity contribution is -0.145. The van der Waals surface area contributed by atoms with Gasteiger partial charge in [-0.1, -0.05) is 44.0 Å². The van der Waals surface area contributed by atoms with Crippen molar-refractivity contribution < 1.29 is 29.7 Å². The molecule has 4 aromatic rings. The highest BCUT2D eigenvalue weighted by molar-refractivity contribution is 5.93. The van der Waals surface area contributed by atoms with Crippen molar-refractivity contribution >= 4 is 35.2 Å². The zero-order valence-corrected chi connectivity index (χ0v) is 41.5. The molecule has 2 aromatic heterocycles. The molecule has 10 rings (SSSR count). The SMILES string of the molecule is C#Cc1ccc(CNC(=O)C2C[C@@H](O)CN2C(=O)[C@@H](NC(=O)[C@H]2CCC3(CC2)C[C@H](N2CCC(c4cnc(N5CCN6c7cc(-c8ccccc8O)nnc7NC[C@H]6C5)nc4)CC2)C3)C(C)(C)CCO)cc1.